The van der Waals surface area contributed by atoms with Gasteiger partial charge in [-0.1, -0.05) is 12.1 Å². The first-order valence-electron chi connectivity index (χ1n) is 9.58. The molecule has 2 heterocycles. The predicted octanol–water partition coefficient (Wildman–Crippen LogP) is 3.83. The lowest BCUT2D eigenvalue weighted by Crippen LogP contribution is -2.23. The van der Waals surface area contributed by atoms with Crippen LogP contribution < -0.4 is 4.74 Å². The van der Waals surface area contributed by atoms with Crippen molar-refractivity contribution in [3.8, 4) is 5.75 Å². The summed E-state index contributed by atoms with van der Waals surface area (Å²) in [6, 6.07) is 6.97. The van der Waals surface area contributed by atoms with E-state index in [9.17, 15) is 0 Å². The van der Waals surface area contributed by atoms with Crippen molar-refractivity contribution in [3.05, 3.63) is 46.5 Å². The van der Waals surface area contributed by atoms with Gasteiger partial charge in [0.05, 0.1) is 12.8 Å². The zero-order chi connectivity index (χ0) is 17.4. The number of likely N-dealkylation sites (tertiary alicyclic amines) is 1. The van der Waals surface area contributed by atoms with Crippen LogP contribution in [0, 0.1) is 13.8 Å². The summed E-state index contributed by atoms with van der Waals surface area (Å²) in [6.07, 6.45) is 6.23. The van der Waals surface area contributed by atoms with Crippen LogP contribution in [0.1, 0.15) is 53.6 Å². The van der Waals surface area contributed by atoms with Gasteiger partial charge in [0.15, 0.2) is 0 Å². The van der Waals surface area contributed by atoms with Gasteiger partial charge >= 0.3 is 0 Å². The van der Waals surface area contributed by atoms with Crippen molar-refractivity contribution in [2.24, 2.45) is 0 Å². The summed E-state index contributed by atoms with van der Waals surface area (Å²) in [7, 11) is 1.75. The summed E-state index contributed by atoms with van der Waals surface area (Å²) in [5, 5.41) is 0. The first-order chi connectivity index (χ1) is 12.2. The molecule has 2 aliphatic rings. The molecule has 0 bridgehead atoms. The summed E-state index contributed by atoms with van der Waals surface area (Å²) in [4.78, 5) is 7.45. The molecule has 4 nitrogen and oxygen atoms in total. The quantitative estimate of drug-likeness (QED) is 0.848. The molecule has 1 fully saturated rings. The van der Waals surface area contributed by atoms with Gasteiger partial charge in [-0.2, -0.15) is 0 Å². The summed E-state index contributed by atoms with van der Waals surface area (Å²) in [5.74, 6) is 2.21. The maximum absolute atomic E-state index is 5.48. The van der Waals surface area contributed by atoms with Gasteiger partial charge in [0, 0.05) is 31.4 Å². The van der Waals surface area contributed by atoms with E-state index in [1.807, 2.05) is 6.07 Å². The van der Waals surface area contributed by atoms with Gasteiger partial charge in [-0.05, 0) is 63.1 Å². The average molecular weight is 339 g/mol. The molecular weight excluding hydrogens is 310 g/mol. The lowest BCUT2D eigenvalue weighted by molar-refractivity contribution is 0.312. The average Bonchev–Trinajstić information content (AvgIpc) is 3.19. The molecule has 1 aromatic heterocycles. The number of aryl methyl sites for hydroxylation is 2. The summed E-state index contributed by atoms with van der Waals surface area (Å²) in [5.41, 5.74) is 5.54. The molecule has 0 amide bonds. The third kappa shape index (κ3) is 3.08. The molecule has 1 unspecified atom stereocenters. The van der Waals surface area contributed by atoms with Gasteiger partial charge in [-0.15, -0.1) is 0 Å². The summed E-state index contributed by atoms with van der Waals surface area (Å²) in [6.45, 7) is 7.65. The van der Waals surface area contributed by atoms with Crippen molar-refractivity contribution in [1.29, 1.82) is 0 Å². The lowest BCUT2D eigenvalue weighted by atomic mass is 10.0. The molecule has 1 aliphatic heterocycles. The summed E-state index contributed by atoms with van der Waals surface area (Å²) >= 11 is 0. The Balaban J connectivity index is 1.50. The molecule has 4 rings (SSSR count). The van der Waals surface area contributed by atoms with Crippen LogP contribution >= 0.6 is 0 Å². The highest BCUT2D eigenvalue weighted by Gasteiger charge is 2.29. The van der Waals surface area contributed by atoms with Crippen molar-refractivity contribution in [1.82, 2.24) is 14.5 Å². The van der Waals surface area contributed by atoms with Crippen LogP contribution in [0.2, 0.25) is 0 Å². The third-order valence-electron chi connectivity index (χ3n) is 5.97. The Morgan fingerprint density at radius 3 is 2.88 bits per heavy atom. The number of hydrogen-bond donors (Lipinski definition) is 0. The standard InChI is InChI=1S/C21H29N3O/c1-15-17(7-6-10-21(15)25-3)13-23-12-11-18(14-23)24-16(2)22-19-8-4-5-9-20(19)24/h6-7,10,18H,4-5,8-9,11-14H2,1-3H3. The van der Waals surface area contributed by atoms with E-state index in [0.29, 0.717) is 6.04 Å². The van der Waals surface area contributed by atoms with E-state index in [-0.39, 0.29) is 0 Å². The van der Waals surface area contributed by atoms with E-state index in [1.165, 1.54) is 60.4 Å². The van der Waals surface area contributed by atoms with Gasteiger partial charge in [0.2, 0.25) is 0 Å². The Morgan fingerprint density at radius 2 is 2.04 bits per heavy atom. The molecule has 1 saturated heterocycles. The molecule has 0 N–H and O–H groups in total. The predicted molar refractivity (Wildman–Crippen MR) is 100 cm³/mol. The van der Waals surface area contributed by atoms with E-state index in [1.54, 1.807) is 7.11 Å². The second-order valence-electron chi connectivity index (χ2n) is 7.55. The van der Waals surface area contributed by atoms with Gasteiger partial charge in [-0.25, -0.2) is 4.98 Å². The molecule has 0 spiro atoms. The van der Waals surface area contributed by atoms with Crippen molar-refractivity contribution >= 4 is 0 Å². The monoisotopic (exact) mass is 339 g/mol. The van der Waals surface area contributed by atoms with Crippen LogP contribution in [0.4, 0.5) is 0 Å². The number of hydrogen-bond acceptors (Lipinski definition) is 3. The van der Waals surface area contributed by atoms with Crippen molar-refractivity contribution in [3.63, 3.8) is 0 Å². The fourth-order valence-corrected chi connectivity index (χ4v) is 4.64. The SMILES string of the molecule is COc1cccc(CN2CCC(n3c(C)nc4c3CCCC4)C2)c1C. The Hall–Kier alpha value is -1.81. The summed E-state index contributed by atoms with van der Waals surface area (Å²) < 4.78 is 8.04. The number of rotatable bonds is 4. The molecule has 25 heavy (non-hydrogen) atoms. The molecule has 1 aliphatic carbocycles. The number of nitrogens with zero attached hydrogens (tertiary/aromatic N) is 3. The van der Waals surface area contributed by atoms with E-state index >= 15 is 0 Å². The van der Waals surface area contributed by atoms with Crippen molar-refractivity contribution < 1.29 is 4.74 Å². The highest BCUT2D eigenvalue weighted by atomic mass is 16.5. The van der Waals surface area contributed by atoms with Crippen LogP contribution in [0.15, 0.2) is 18.2 Å². The van der Waals surface area contributed by atoms with E-state index in [2.05, 4.69) is 35.4 Å². The second kappa shape index (κ2) is 6.83. The van der Waals surface area contributed by atoms with E-state index in [4.69, 9.17) is 9.72 Å². The van der Waals surface area contributed by atoms with Gasteiger partial charge in [-0.3, -0.25) is 4.90 Å². The first-order valence-corrected chi connectivity index (χ1v) is 9.58. The molecule has 2 aromatic rings. The number of ether oxygens (including phenoxy) is 1. The minimum absolute atomic E-state index is 0.584. The molecule has 1 atom stereocenters. The van der Waals surface area contributed by atoms with E-state index in [0.717, 1.165) is 25.4 Å². The molecule has 4 heteroatoms. The molecule has 1 aromatic carbocycles. The van der Waals surface area contributed by atoms with E-state index < -0.39 is 0 Å². The van der Waals surface area contributed by atoms with Gasteiger partial charge in [0.1, 0.15) is 11.6 Å². The minimum Gasteiger partial charge on any atom is -0.496 e. The minimum atomic E-state index is 0.584. The normalized spacial score (nSPS) is 20.7. The number of fused-ring (bicyclic) bond motifs is 1. The second-order valence-corrected chi connectivity index (χ2v) is 7.55. The number of benzene rings is 1. The zero-order valence-corrected chi connectivity index (χ0v) is 15.7. The first kappa shape index (κ1) is 16.6. The fraction of sp³-hybridized carbons (Fsp3) is 0.571. The Morgan fingerprint density at radius 1 is 1.20 bits per heavy atom. The maximum atomic E-state index is 5.48. The molecular formula is C21H29N3O. The molecule has 134 valence electrons. The maximum Gasteiger partial charge on any atom is 0.122 e. The highest BCUT2D eigenvalue weighted by Crippen LogP contribution is 2.31. The van der Waals surface area contributed by atoms with Crippen molar-refractivity contribution in [2.45, 2.75) is 58.5 Å². The third-order valence-corrected chi connectivity index (χ3v) is 5.97. The zero-order valence-electron chi connectivity index (χ0n) is 15.7. The number of methoxy groups -OCH3 is 1. The fourth-order valence-electron chi connectivity index (χ4n) is 4.64. The highest BCUT2D eigenvalue weighted by molar-refractivity contribution is 5.39. The largest absolute Gasteiger partial charge is 0.496 e. The lowest BCUT2D eigenvalue weighted by Gasteiger charge is -2.22. The van der Waals surface area contributed by atoms with Crippen LogP contribution in [-0.2, 0) is 19.4 Å². The van der Waals surface area contributed by atoms with Gasteiger partial charge < -0.3 is 9.30 Å². The smallest absolute Gasteiger partial charge is 0.122 e. The Kier molecular flexibility index (Phi) is 4.55. The number of imidazole rings is 1. The van der Waals surface area contributed by atoms with Crippen LogP contribution in [-0.4, -0.2) is 34.7 Å². The van der Waals surface area contributed by atoms with Crippen LogP contribution in [0.5, 0.6) is 5.75 Å². The van der Waals surface area contributed by atoms with Crippen LogP contribution in [0.3, 0.4) is 0 Å². The molecule has 0 saturated carbocycles. The topological polar surface area (TPSA) is 30.3 Å². The van der Waals surface area contributed by atoms with Crippen molar-refractivity contribution in [2.75, 3.05) is 20.2 Å². The van der Waals surface area contributed by atoms with Gasteiger partial charge in [0.25, 0.3) is 0 Å². The molecule has 0 radical (unpaired) electrons. The Bertz CT molecular complexity index is 765. The van der Waals surface area contributed by atoms with Crippen LogP contribution in [0.25, 0.3) is 0 Å². The Labute approximate surface area is 150 Å². The number of aromatic nitrogens is 2.